The molecule has 8 nitrogen and oxygen atoms in total. The van der Waals surface area contributed by atoms with Crippen molar-refractivity contribution in [2.24, 2.45) is 0 Å². The van der Waals surface area contributed by atoms with Gasteiger partial charge in [0.25, 0.3) is 5.91 Å². The first-order valence-electron chi connectivity index (χ1n) is 9.79. The number of fused-ring (bicyclic) bond motifs is 1. The Bertz CT molecular complexity index is 1270. The van der Waals surface area contributed by atoms with Crippen molar-refractivity contribution in [3.05, 3.63) is 88.9 Å². The third-order valence-corrected chi connectivity index (χ3v) is 5.00. The number of hydrogen-bond donors (Lipinski definition) is 3. The molecule has 1 aromatic carbocycles. The van der Waals surface area contributed by atoms with Crippen LogP contribution in [0.5, 0.6) is 0 Å². The molecule has 0 saturated carbocycles. The number of rotatable bonds is 7. The average Bonchev–Trinajstić information content (AvgIpc) is 3.13. The first-order chi connectivity index (χ1) is 15.4. The Morgan fingerprint density at radius 1 is 1.06 bits per heavy atom. The van der Waals surface area contributed by atoms with Gasteiger partial charge in [0, 0.05) is 48.7 Å². The van der Waals surface area contributed by atoms with Gasteiger partial charge in [-0.1, -0.05) is 6.07 Å². The minimum absolute atomic E-state index is 0.0383. The highest BCUT2D eigenvalue weighted by atomic mass is 19.1. The van der Waals surface area contributed by atoms with Crippen LogP contribution in [0.4, 0.5) is 8.78 Å². The normalized spacial score (nSPS) is 11.1. The molecule has 0 unspecified atom stereocenters. The van der Waals surface area contributed by atoms with E-state index in [9.17, 15) is 13.6 Å². The van der Waals surface area contributed by atoms with Crippen LogP contribution in [-0.4, -0.2) is 30.6 Å². The quantitative estimate of drug-likeness (QED) is 0.303. The lowest BCUT2D eigenvalue weighted by Gasteiger charge is -2.07. The Kier molecular flexibility index (Phi) is 6.15. The van der Waals surface area contributed by atoms with Gasteiger partial charge < -0.3 is 9.88 Å². The second-order valence-electron chi connectivity index (χ2n) is 7.30. The predicted octanol–water partition coefficient (Wildman–Crippen LogP) is 2.87. The second kappa shape index (κ2) is 9.16. The van der Waals surface area contributed by atoms with Gasteiger partial charge >= 0.3 is 0 Å². The molecule has 0 bridgehead atoms. The largest absolute Gasteiger partial charge is 0.341 e. The molecule has 32 heavy (non-hydrogen) atoms. The van der Waals surface area contributed by atoms with E-state index in [-0.39, 0.29) is 12.2 Å². The Morgan fingerprint density at radius 3 is 2.62 bits per heavy atom. The lowest BCUT2D eigenvalue weighted by Crippen LogP contribution is -2.19. The maximum absolute atomic E-state index is 14.2. The molecule has 0 aliphatic carbocycles. The highest BCUT2D eigenvalue weighted by Crippen LogP contribution is 2.24. The summed E-state index contributed by atoms with van der Waals surface area (Å²) in [6.45, 7) is 2.91. The predicted molar refractivity (Wildman–Crippen MR) is 112 cm³/mol. The van der Waals surface area contributed by atoms with Crippen molar-refractivity contribution in [2.45, 2.75) is 26.6 Å². The summed E-state index contributed by atoms with van der Waals surface area (Å²) < 4.78 is 29.2. The monoisotopic (exact) mass is 438 g/mol. The highest BCUT2D eigenvalue weighted by molar-refractivity contribution is 5.96. The number of amides is 1. The molecule has 10 heteroatoms. The highest BCUT2D eigenvalue weighted by Gasteiger charge is 2.15. The van der Waals surface area contributed by atoms with Crippen LogP contribution in [0.2, 0.25) is 0 Å². The molecule has 3 aromatic heterocycles. The molecule has 3 heterocycles. The Balaban J connectivity index is 1.64. The van der Waals surface area contributed by atoms with Crippen LogP contribution in [-0.2, 0) is 19.6 Å². The second-order valence-corrected chi connectivity index (χ2v) is 7.30. The number of aryl methyl sites for hydroxylation is 1. The van der Waals surface area contributed by atoms with Gasteiger partial charge in [-0.15, -0.1) is 0 Å². The number of hydrogen-bond acceptors (Lipinski definition) is 6. The molecule has 4 rings (SSSR count). The molecule has 0 atom stereocenters. The van der Waals surface area contributed by atoms with Gasteiger partial charge in [0.2, 0.25) is 0 Å². The van der Waals surface area contributed by atoms with E-state index in [0.29, 0.717) is 29.6 Å². The van der Waals surface area contributed by atoms with Crippen LogP contribution in [0.1, 0.15) is 33.0 Å². The molecule has 0 radical (unpaired) electrons. The number of carbonyl (C=O) groups is 1. The Morgan fingerprint density at radius 2 is 1.91 bits per heavy atom. The van der Waals surface area contributed by atoms with Crippen molar-refractivity contribution >= 4 is 16.8 Å². The van der Waals surface area contributed by atoms with Gasteiger partial charge in [0.15, 0.2) is 0 Å². The summed E-state index contributed by atoms with van der Waals surface area (Å²) in [5.74, 6) is -2.03. The van der Waals surface area contributed by atoms with Gasteiger partial charge in [-0.2, -0.15) is 0 Å². The number of halogens is 2. The van der Waals surface area contributed by atoms with Gasteiger partial charge in [-0.05, 0) is 24.6 Å². The Labute approximate surface area is 181 Å². The van der Waals surface area contributed by atoms with E-state index >= 15 is 0 Å². The van der Waals surface area contributed by atoms with E-state index in [1.807, 2.05) is 13.1 Å². The van der Waals surface area contributed by atoms with Crippen LogP contribution in [0.3, 0.4) is 0 Å². The summed E-state index contributed by atoms with van der Waals surface area (Å²) in [7, 11) is 0. The summed E-state index contributed by atoms with van der Waals surface area (Å²) in [6, 6.07) is 5.00. The topological polar surface area (TPSA) is 105 Å². The zero-order chi connectivity index (χ0) is 22.7. The van der Waals surface area contributed by atoms with E-state index in [1.165, 1.54) is 18.3 Å². The fourth-order valence-electron chi connectivity index (χ4n) is 3.38. The van der Waals surface area contributed by atoms with Crippen molar-refractivity contribution in [3.8, 4) is 0 Å². The maximum atomic E-state index is 14.2. The number of nitrogens with zero attached hydrogens (tertiary/aromatic N) is 4. The molecular weight excluding hydrogens is 418 g/mol. The summed E-state index contributed by atoms with van der Waals surface area (Å²) in [5, 5.41) is 12.9. The third-order valence-electron chi connectivity index (χ3n) is 5.00. The minimum atomic E-state index is -0.738. The van der Waals surface area contributed by atoms with Gasteiger partial charge in [-0.25, -0.2) is 19.2 Å². The molecule has 0 spiro atoms. The molecule has 0 aliphatic rings. The number of pyridine rings is 1. The zero-order valence-electron chi connectivity index (χ0n) is 17.1. The lowest BCUT2D eigenvalue weighted by molar-refractivity contribution is 0.0701. The summed E-state index contributed by atoms with van der Waals surface area (Å²) in [6.07, 6.45) is 6.68. The number of carbonyl (C=O) groups excluding carboxylic acids is 1. The SMILES string of the molecule is Cc1cnc(CNCc2cn(Cc3ccc(F)cc3F)c3cnc(C(=O)NO)cc23)cn1. The standard InChI is InChI=1S/C22H20F2N6O2/c1-13-6-27-17(9-26-13)8-25-7-15-12-30(11-14-2-3-16(23)4-19(14)24)21-10-28-20(5-18(15)21)22(31)29-32/h2-6,9-10,12,25,32H,7-8,11H2,1H3,(H,29,31). The van der Waals surface area contributed by atoms with Crippen molar-refractivity contribution < 1.29 is 18.8 Å². The first-order valence-corrected chi connectivity index (χ1v) is 9.79. The van der Waals surface area contributed by atoms with E-state index in [0.717, 1.165) is 23.0 Å². The van der Waals surface area contributed by atoms with Gasteiger partial charge in [-0.3, -0.25) is 20.0 Å². The van der Waals surface area contributed by atoms with Crippen LogP contribution < -0.4 is 10.8 Å². The summed E-state index contributed by atoms with van der Waals surface area (Å²) >= 11 is 0. The lowest BCUT2D eigenvalue weighted by atomic mass is 10.1. The van der Waals surface area contributed by atoms with E-state index in [2.05, 4.69) is 20.3 Å². The van der Waals surface area contributed by atoms with Crippen LogP contribution in [0.15, 0.2) is 49.1 Å². The zero-order valence-corrected chi connectivity index (χ0v) is 17.1. The average molecular weight is 438 g/mol. The van der Waals surface area contributed by atoms with Gasteiger partial charge in [0.05, 0.1) is 29.6 Å². The van der Waals surface area contributed by atoms with Gasteiger partial charge in [0.1, 0.15) is 17.3 Å². The minimum Gasteiger partial charge on any atom is -0.341 e. The molecule has 0 saturated heterocycles. The smallest absolute Gasteiger partial charge is 0.293 e. The fraction of sp³-hybridized carbons (Fsp3) is 0.182. The molecule has 164 valence electrons. The van der Waals surface area contributed by atoms with Crippen molar-refractivity contribution in [1.29, 1.82) is 0 Å². The van der Waals surface area contributed by atoms with Crippen molar-refractivity contribution in [3.63, 3.8) is 0 Å². The van der Waals surface area contributed by atoms with E-state index in [1.54, 1.807) is 28.5 Å². The Hall–Kier alpha value is -3.76. The number of nitrogens with one attached hydrogen (secondary N) is 2. The summed E-state index contributed by atoms with van der Waals surface area (Å²) in [5.41, 5.74) is 5.01. The number of aromatic nitrogens is 4. The molecule has 1 amide bonds. The molecule has 0 aliphatic heterocycles. The number of hydroxylamine groups is 1. The van der Waals surface area contributed by atoms with E-state index in [4.69, 9.17) is 5.21 Å². The van der Waals surface area contributed by atoms with Crippen LogP contribution >= 0.6 is 0 Å². The fourth-order valence-corrected chi connectivity index (χ4v) is 3.38. The summed E-state index contributed by atoms with van der Waals surface area (Å²) in [4.78, 5) is 24.4. The van der Waals surface area contributed by atoms with Crippen LogP contribution in [0.25, 0.3) is 10.9 Å². The molecule has 3 N–H and O–H groups in total. The first kappa shape index (κ1) is 21.5. The molecule has 4 aromatic rings. The number of benzene rings is 1. The van der Waals surface area contributed by atoms with Crippen LogP contribution in [0, 0.1) is 18.6 Å². The van der Waals surface area contributed by atoms with Crippen molar-refractivity contribution in [2.75, 3.05) is 0 Å². The maximum Gasteiger partial charge on any atom is 0.293 e. The molecule has 0 fully saturated rings. The third kappa shape index (κ3) is 4.61. The van der Waals surface area contributed by atoms with E-state index < -0.39 is 17.5 Å². The van der Waals surface area contributed by atoms with Crippen molar-refractivity contribution in [1.82, 2.24) is 30.3 Å². The molecular formula is C22H20F2N6O2.